The summed E-state index contributed by atoms with van der Waals surface area (Å²) in [5.41, 5.74) is 5.36. The van der Waals surface area contributed by atoms with E-state index in [1.165, 1.54) is 148 Å². The number of nitrogens with two attached hydrogens (primary N) is 1. The number of carbonyl (C=O) groups is 2. The normalized spacial score (nSPS) is 13.4. The average molecular weight is 842 g/mol. The Bertz CT molecular complexity index is 1010. The summed E-state index contributed by atoms with van der Waals surface area (Å²) >= 11 is 0. The van der Waals surface area contributed by atoms with E-state index in [0.717, 1.165) is 57.8 Å². The van der Waals surface area contributed by atoms with Crippen LogP contribution in [0.5, 0.6) is 0 Å². The van der Waals surface area contributed by atoms with E-state index in [9.17, 15) is 19.0 Å². The van der Waals surface area contributed by atoms with Gasteiger partial charge in [0, 0.05) is 19.4 Å². The molecule has 0 heterocycles. The maximum atomic E-state index is 12.6. The van der Waals surface area contributed by atoms with Crippen molar-refractivity contribution in [3.05, 3.63) is 24.3 Å². The molecule has 9 nitrogen and oxygen atoms in total. The molecule has 0 aliphatic rings. The Morgan fingerprint density at radius 3 is 1.34 bits per heavy atom. The number of hydrogen-bond donors (Lipinski definition) is 2. The van der Waals surface area contributed by atoms with Crippen molar-refractivity contribution >= 4 is 19.8 Å². The van der Waals surface area contributed by atoms with E-state index in [1.54, 1.807) is 0 Å². The number of allylic oxidation sites excluding steroid dienone is 4. The minimum atomic E-state index is -4.38. The third-order valence-corrected chi connectivity index (χ3v) is 11.6. The fraction of sp³-hybridized carbons (Fsp3) is 0.875. The molecule has 0 aromatic heterocycles. The standard InChI is InChI=1S/C48H92NO8P/c1-3-5-7-9-11-13-15-17-19-20-21-22-23-24-25-27-28-30-32-34-36-38-40-47(50)54-44-46(45-56-58(52,53)55-43-42-49)57-48(51)41-39-37-35-33-31-29-26-18-16-14-12-10-8-6-4-2/h12,14,18,26,46H,3-11,13,15-17,19-25,27-45,49H2,1-2H3,(H,52,53)/b14-12-,26-18-. The Hall–Kier alpha value is -1.51. The van der Waals surface area contributed by atoms with Crippen LogP contribution in [0.15, 0.2) is 24.3 Å². The minimum Gasteiger partial charge on any atom is -0.462 e. The van der Waals surface area contributed by atoms with E-state index >= 15 is 0 Å². The number of phosphoric acid groups is 1. The fourth-order valence-corrected chi connectivity index (χ4v) is 7.73. The molecule has 58 heavy (non-hydrogen) atoms. The topological polar surface area (TPSA) is 134 Å². The molecule has 10 heteroatoms. The first-order valence-electron chi connectivity index (χ1n) is 24.3. The van der Waals surface area contributed by atoms with Gasteiger partial charge in [0.15, 0.2) is 6.10 Å². The highest BCUT2D eigenvalue weighted by atomic mass is 31.2. The van der Waals surface area contributed by atoms with Crippen LogP contribution < -0.4 is 5.73 Å². The van der Waals surface area contributed by atoms with Crippen LogP contribution in [0.4, 0.5) is 0 Å². The summed E-state index contributed by atoms with van der Waals surface area (Å²) in [6.45, 7) is 3.73. The lowest BCUT2D eigenvalue weighted by Crippen LogP contribution is -2.29. The van der Waals surface area contributed by atoms with Gasteiger partial charge in [-0.15, -0.1) is 0 Å². The zero-order valence-electron chi connectivity index (χ0n) is 37.8. The predicted molar refractivity (Wildman–Crippen MR) is 243 cm³/mol. The highest BCUT2D eigenvalue weighted by molar-refractivity contribution is 7.47. The Labute approximate surface area is 357 Å². The van der Waals surface area contributed by atoms with Crippen LogP contribution >= 0.6 is 7.82 Å². The van der Waals surface area contributed by atoms with Crippen molar-refractivity contribution in [2.75, 3.05) is 26.4 Å². The van der Waals surface area contributed by atoms with Gasteiger partial charge in [-0.2, -0.15) is 0 Å². The van der Waals surface area contributed by atoms with E-state index in [2.05, 4.69) is 38.2 Å². The van der Waals surface area contributed by atoms with Crippen molar-refractivity contribution in [3.63, 3.8) is 0 Å². The molecule has 342 valence electrons. The molecule has 0 rings (SSSR count). The van der Waals surface area contributed by atoms with Gasteiger partial charge in [-0.1, -0.05) is 205 Å². The van der Waals surface area contributed by atoms with Crippen LogP contribution in [0.1, 0.15) is 239 Å². The van der Waals surface area contributed by atoms with Gasteiger partial charge in [0.25, 0.3) is 0 Å². The van der Waals surface area contributed by atoms with Gasteiger partial charge in [0.05, 0.1) is 13.2 Å². The summed E-state index contributed by atoms with van der Waals surface area (Å²) in [4.78, 5) is 35.0. The number of carbonyl (C=O) groups excluding carboxylic acids is 2. The van der Waals surface area contributed by atoms with Gasteiger partial charge in [-0.25, -0.2) is 4.57 Å². The second-order valence-electron chi connectivity index (χ2n) is 16.3. The van der Waals surface area contributed by atoms with E-state index in [0.29, 0.717) is 6.42 Å². The maximum absolute atomic E-state index is 12.6. The molecule has 0 aliphatic heterocycles. The molecule has 0 fully saturated rings. The van der Waals surface area contributed by atoms with Crippen LogP contribution in [-0.4, -0.2) is 49.3 Å². The maximum Gasteiger partial charge on any atom is 0.472 e. The smallest absolute Gasteiger partial charge is 0.462 e. The molecule has 0 bridgehead atoms. The lowest BCUT2D eigenvalue weighted by Gasteiger charge is -2.19. The number of ether oxygens (including phenoxy) is 2. The Kier molecular flexibility index (Phi) is 43.9. The average Bonchev–Trinajstić information content (AvgIpc) is 3.21. The van der Waals surface area contributed by atoms with Gasteiger partial charge in [-0.3, -0.25) is 18.6 Å². The third kappa shape index (κ3) is 44.1. The van der Waals surface area contributed by atoms with Crippen molar-refractivity contribution < 1.29 is 37.6 Å². The quantitative estimate of drug-likeness (QED) is 0.0266. The summed E-state index contributed by atoms with van der Waals surface area (Å²) in [6, 6.07) is 0. The molecule has 3 N–H and O–H groups in total. The predicted octanol–water partition coefficient (Wildman–Crippen LogP) is 14.3. The summed E-state index contributed by atoms with van der Waals surface area (Å²) in [6.07, 6.45) is 49.3. The zero-order chi connectivity index (χ0) is 42.5. The highest BCUT2D eigenvalue weighted by Crippen LogP contribution is 2.43. The molecular weight excluding hydrogens is 750 g/mol. The number of phosphoric ester groups is 1. The SMILES string of the molecule is CCCCC/C=C\C/C=C\CCCCCCCC(=O)OC(COC(=O)CCCCCCCCCCCCCCCCCCCCCCCC)COP(=O)(O)OCCN. The van der Waals surface area contributed by atoms with E-state index in [4.69, 9.17) is 24.3 Å². The van der Waals surface area contributed by atoms with E-state index in [1.807, 2.05) is 0 Å². The molecule has 0 spiro atoms. The van der Waals surface area contributed by atoms with Gasteiger partial charge in [0.1, 0.15) is 6.61 Å². The lowest BCUT2D eigenvalue weighted by atomic mass is 10.0. The van der Waals surface area contributed by atoms with Crippen molar-refractivity contribution in [1.82, 2.24) is 0 Å². The summed E-state index contributed by atoms with van der Waals surface area (Å²) in [5.74, 6) is -0.833. The molecule has 0 saturated heterocycles. The number of esters is 2. The monoisotopic (exact) mass is 842 g/mol. The second-order valence-corrected chi connectivity index (χ2v) is 17.8. The largest absolute Gasteiger partial charge is 0.472 e. The number of unbranched alkanes of at least 4 members (excludes halogenated alkanes) is 29. The first-order chi connectivity index (χ1) is 28.3. The molecule has 0 aromatic carbocycles. The highest BCUT2D eigenvalue weighted by Gasteiger charge is 2.26. The van der Waals surface area contributed by atoms with Crippen molar-refractivity contribution in [1.29, 1.82) is 0 Å². The third-order valence-electron chi connectivity index (χ3n) is 10.6. The molecule has 0 saturated carbocycles. The van der Waals surface area contributed by atoms with E-state index in [-0.39, 0.29) is 38.6 Å². The summed E-state index contributed by atoms with van der Waals surface area (Å²) < 4.78 is 32.8. The van der Waals surface area contributed by atoms with Crippen LogP contribution in [0.25, 0.3) is 0 Å². The molecule has 0 amide bonds. The first-order valence-corrected chi connectivity index (χ1v) is 25.8. The zero-order valence-corrected chi connectivity index (χ0v) is 38.7. The van der Waals surface area contributed by atoms with Crippen LogP contribution in [0.3, 0.4) is 0 Å². The Morgan fingerprint density at radius 2 is 0.897 bits per heavy atom. The number of rotatable bonds is 46. The molecule has 2 unspecified atom stereocenters. The summed E-state index contributed by atoms with van der Waals surface area (Å²) in [5, 5.41) is 0. The van der Waals surface area contributed by atoms with Crippen molar-refractivity contribution in [3.8, 4) is 0 Å². The van der Waals surface area contributed by atoms with Gasteiger partial charge >= 0.3 is 19.8 Å². The van der Waals surface area contributed by atoms with E-state index < -0.39 is 26.5 Å². The second kappa shape index (κ2) is 45.0. The molecular formula is C48H92NO8P. The minimum absolute atomic E-state index is 0.0526. The van der Waals surface area contributed by atoms with Gasteiger partial charge < -0.3 is 20.1 Å². The van der Waals surface area contributed by atoms with Gasteiger partial charge in [0.2, 0.25) is 0 Å². The van der Waals surface area contributed by atoms with Crippen LogP contribution in [0, 0.1) is 0 Å². The Balaban J connectivity index is 4.02. The van der Waals surface area contributed by atoms with Crippen molar-refractivity contribution in [2.45, 2.75) is 245 Å². The Morgan fingerprint density at radius 1 is 0.517 bits per heavy atom. The molecule has 2 atom stereocenters. The molecule has 0 radical (unpaired) electrons. The van der Waals surface area contributed by atoms with Gasteiger partial charge in [-0.05, 0) is 44.9 Å². The number of hydrogen-bond acceptors (Lipinski definition) is 8. The molecule has 0 aliphatic carbocycles. The lowest BCUT2D eigenvalue weighted by molar-refractivity contribution is -0.161. The van der Waals surface area contributed by atoms with Crippen LogP contribution in [0.2, 0.25) is 0 Å². The first kappa shape index (κ1) is 56.5. The summed E-state index contributed by atoms with van der Waals surface area (Å²) in [7, 11) is -4.38. The van der Waals surface area contributed by atoms with Crippen LogP contribution in [-0.2, 0) is 32.7 Å². The van der Waals surface area contributed by atoms with Crippen molar-refractivity contribution in [2.24, 2.45) is 5.73 Å². The fourth-order valence-electron chi connectivity index (χ4n) is 6.96. The molecule has 0 aromatic rings.